The standard InChI is InChI=1S/C28H32BNO2/c1-26(2,3)19-12-15-21(16-13-19)30-24-11-9-8-10-22(24)23-18-20(14-17-25(23)30)29-31-27(4,5)28(6,7)32-29/h8-18H,1-7H3. The van der Waals surface area contributed by atoms with Gasteiger partial charge in [0, 0.05) is 16.5 Å². The van der Waals surface area contributed by atoms with Gasteiger partial charge in [0.15, 0.2) is 0 Å². The van der Waals surface area contributed by atoms with Crippen LogP contribution < -0.4 is 5.46 Å². The Morgan fingerprint density at radius 3 is 1.94 bits per heavy atom. The maximum Gasteiger partial charge on any atom is 0.494 e. The molecule has 0 unspecified atom stereocenters. The van der Waals surface area contributed by atoms with Crippen LogP contribution in [0.5, 0.6) is 0 Å². The normalized spacial score (nSPS) is 18.0. The molecule has 0 saturated carbocycles. The van der Waals surface area contributed by atoms with Crippen molar-refractivity contribution >= 4 is 34.4 Å². The number of hydrogen-bond acceptors (Lipinski definition) is 2. The van der Waals surface area contributed by atoms with Crippen LogP contribution in [0.3, 0.4) is 0 Å². The molecule has 0 N–H and O–H groups in total. The molecule has 1 aliphatic heterocycles. The molecule has 4 aromatic rings. The van der Waals surface area contributed by atoms with Gasteiger partial charge in [-0.2, -0.15) is 0 Å². The zero-order valence-corrected chi connectivity index (χ0v) is 20.2. The van der Waals surface area contributed by atoms with Gasteiger partial charge in [0.25, 0.3) is 0 Å². The zero-order valence-electron chi connectivity index (χ0n) is 20.2. The predicted octanol–water partition coefficient (Wildman–Crippen LogP) is 6.38. The first kappa shape index (κ1) is 21.3. The molecule has 1 aliphatic rings. The van der Waals surface area contributed by atoms with Crippen LogP contribution in [0.2, 0.25) is 0 Å². The van der Waals surface area contributed by atoms with E-state index in [0.29, 0.717) is 0 Å². The smallest absolute Gasteiger partial charge is 0.399 e. The van der Waals surface area contributed by atoms with Crippen molar-refractivity contribution in [3.05, 3.63) is 72.3 Å². The molecule has 0 bridgehead atoms. The number of fused-ring (bicyclic) bond motifs is 3. The van der Waals surface area contributed by atoms with E-state index in [0.717, 1.165) is 5.46 Å². The Morgan fingerprint density at radius 1 is 0.719 bits per heavy atom. The summed E-state index contributed by atoms with van der Waals surface area (Å²) in [6.45, 7) is 15.1. The Labute approximate surface area is 191 Å². The van der Waals surface area contributed by atoms with Crippen LogP contribution in [-0.4, -0.2) is 22.9 Å². The van der Waals surface area contributed by atoms with Crippen molar-refractivity contribution in [2.24, 2.45) is 0 Å². The lowest BCUT2D eigenvalue weighted by molar-refractivity contribution is 0.00578. The molecule has 0 amide bonds. The third-order valence-electron chi connectivity index (χ3n) is 7.21. The molecule has 1 aromatic heterocycles. The van der Waals surface area contributed by atoms with E-state index in [2.05, 4.69) is 120 Å². The zero-order chi connectivity index (χ0) is 22.9. The van der Waals surface area contributed by atoms with Gasteiger partial charge in [-0.05, 0) is 68.4 Å². The molecule has 2 heterocycles. The van der Waals surface area contributed by atoms with Gasteiger partial charge >= 0.3 is 7.12 Å². The van der Waals surface area contributed by atoms with E-state index in [-0.39, 0.29) is 23.7 Å². The molecule has 5 rings (SSSR count). The highest BCUT2D eigenvalue weighted by molar-refractivity contribution is 6.62. The van der Waals surface area contributed by atoms with Crippen molar-refractivity contribution in [3.63, 3.8) is 0 Å². The van der Waals surface area contributed by atoms with E-state index in [1.165, 1.54) is 33.1 Å². The highest BCUT2D eigenvalue weighted by Gasteiger charge is 2.51. The summed E-state index contributed by atoms with van der Waals surface area (Å²) in [7, 11) is -0.363. The van der Waals surface area contributed by atoms with Crippen LogP contribution in [0, 0.1) is 0 Å². The van der Waals surface area contributed by atoms with Crippen molar-refractivity contribution in [2.75, 3.05) is 0 Å². The summed E-state index contributed by atoms with van der Waals surface area (Å²) in [5.41, 5.74) is 5.40. The fourth-order valence-corrected chi connectivity index (χ4v) is 4.50. The first-order valence-corrected chi connectivity index (χ1v) is 11.5. The fraction of sp³-hybridized carbons (Fsp3) is 0.357. The second-order valence-electron chi connectivity index (χ2n) is 11.0. The summed E-state index contributed by atoms with van der Waals surface area (Å²) in [6.07, 6.45) is 0. The molecule has 3 aromatic carbocycles. The van der Waals surface area contributed by atoms with E-state index >= 15 is 0 Å². The van der Waals surface area contributed by atoms with E-state index in [1.54, 1.807) is 0 Å². The van der Waals surface area contributed by atoms with Crippen molar-refractivity contribution in [1.29, 1.82) is 0 Å². The van der Waals surface area contributed by atoms with Gasteiger partial charge in [0.05, 0.1) is 22.2 Å². The highest BCUT2D eigenvalue weighted by atomic mass is 16.7. The van der Waals surface area contributed by atoms with Crippen molar-refractivity contribution in [1.82, 2.24) is 4.57 Å². The number of para-hydroxylation sites is 1. The quantitative estimate of drug-likeness (QED) is 0.348. The first-order valence-electron chi connectivity index (χ1n) is 11.5. The monoisotopic (exact) mass is 425 g/mol. The lowest BCUT2D eigenvalue weighted by Crippen LogP contribution is -2.41. The molecule has 0 radical (unpaired) electrons. The maximum absolute atomic E-state index is 6.32. The first-order chi connectivity index (χ1) is 15.0. The van der Waals surface area contributed by atoms with Crippen molar-refractivity contribution in [2.45, 2.75) is 65.1 Å². The number of aromatic nitrogens is 1. The molecule has 1 saturated heterocycles. The summed E-state index contributed by atoms with van der Waals surface area (Å²) in [4.78, 5) is 0. The number of rotatable bonds is 2. The molecule has 32 heavy (non-hydrogen) atoms. The van der Waals surface area contributed by atoms with Gasteiger partial charge in [-0.25, -0.2) is 0 Å². The molecule has 164 valence electrons. The molecule has 0 spiro atoms. The Hall–Kier alpha value is -2.56. The van der Waals surface area contributed by atoms with Crippen molar-refractivity contribution in [3.8, 4) is 5.69 Å². The van der Waals surface area contributed by atoms with E-state index in [1.807, 2.05) is 0 Å². The number of hydrogen-bond donors (Lipinski definition) is 0. The average Bonchev–Trinajstić information content (AvgIpc) is 3.17. The molecule has 0 atom stereocenters. The van der Waals surface area contributed by atoms with Crippen LogP contribution in [0.15, 0.2) is 66.7 Å². The molecular weight excluding hydrogens is 393 g/mol. The van der Waals surface area contributed by atoms with Crippen LogP contribution >= 0.6 is 0 Å². The second kappa shape index (κ2) is 6.97. The predicted molar refractivity (Wildman–Crippen MR) is 135 cm³/mol. The Morgan fingerprint density at radius 2 is 1.31 bits per heavy atom. The van der Waals surface area contributed by atoms with E-state index in [9.17, 15) is 0 Å². The summed E-state index contributed by atoms with van der Waals surface area (Å²) in [5.74, 6) is 0. The van der Waals surface area contributed by atoms with Crippen LogP contribution in [-0.2, 0) is 14.7 Å². The summed E-state index contributed by atoms with van der Waals surface area (Å²) in [6, 6.07) is 24.1. The summed E-state index contributed by atoms with van der Waals surface area (Å²) in [5, 5.41) is 2.45. The Bertz CT molecular complexity index is 1290. The van der Waals surface area contributed by atoms with Crippen LogP contribution in [0.1, 0.15) is 54.0 Å². The fourth-order valence-electron chi connectivity index (χ4n) is 4.50. The highest BCUT2D eigenvalue weighted by Crippen LogP contribution is 2.37. The van der Waals surface area contributed by atoms with Crippen LogP contribution in [0.25, 0.3) is 27.5 Å². The SMILES string of the molecule is CC(C)(C)c1ccc(-n2c3ccccc3c3cc(B4OC(C)(C)C(C)(C)O4)ccc32)cc1. The minimum Gasteiger partial charge on any atom is -0.399 e. The third-order valence-corrected chi connectivity index (χ3v) is 7.21. The topological polar surface area (TPSA) is 23.4 Å². The van der Waals surface area contributed by atoms with Gasteiger partial charge in [-0.1, -0.05) is 63.2 Å². The second-order valence-corrected chi connectivity index (χ2v) is 11.0. The summed E-state index contributed by atoms with van der Waals surface area (Å²) >= 11 is 0. The Balaban J connectivity index is 1.66. The van der Waals surface area contributed by atoms with Gasteiger partial charge in [-0.3, -0.25) is 0 Å². The number of benzene rings is 3. The molecule has 3 nitrogen and oxygen atoms in total. The third kappa shape index (κ3) is 3.28. The maximum atomic E-state index is 6.32. The molecule has 0 aliphatic carbocycles. The summed E-state index contributed by atoms with van der Waals surface area (Å²) < 4.78 is 15.0. The molecule has 1 fully saturated rings. The van der Waals surface area contributed by atoms with Crippen molar-refractivity contribution < 1.29 is 9.31 Å². The molecule has 4 heteroatoms. The van der Waals surface area contributed by atoms with Gasteiger partial charge < -0.3 is 13.9 Å². The molecular formula is C28H32BNO2. The van der Waals surface area contributed by atoms with E-state index < -0.39 is 0 Å². The van der Waals surface area contributed by atoms with Crippen LogP contribution in [0.4, 0.5) is 0 Å². The average molecular weight is 425 g/mol. The minimum atomic E-state index is -0.363. The minimum absolute atomic E-state index is 0.136. The van der Waals surface area contributed by atoms with Gasteiger partial charge in [0.1, 0.15) is 0 Å². The lowest BCUT2D eigenvalue weighted by atomic mass is 9.78. The number of nitrogens with zero attached hydrogens (tertiary/aromatic N) is 1. The lowest BCUT2D eigenvalue weighted by Gasteiger charge is -2.32. The van der Waals surface area contributed by atoms with E-state index in [4.69, 9.17) is 9.31 Å². The van der Waals surface area contributed by atoms with Gasteiger partial charge in [0.2, 0.25) is 0 Å². The largest absolute Gasteiger partial charge is 0.494 e. The Kier molecular flexibility index (Phi) is 4.64. The van der Waals surface area contributed by atoms with Gasteiger partial charge in [-0.15, -0.1) is 0 Å².